The molecule has 1 N–H and O–H groups in total. The van der Waals surface area contributed by atoms with E-state index in [0.717, 1.165) is 16.3 Å². The maximum atomic E-state index is 12.4. The highest BCUT2D eigenvalue weighted by atomic mass is 16.5. The predicted octanol–water partition coefficient (Wildman–Crippen LogP) is 4.33. The number of fused-ring (bicyclic) bond motifs is 1. The van der Waals surface area contributed by atoms with Crippen molar-refractivity contribution in [3.8, 4) is 0 Å². The van der Waals surface area contributed by atoms with Gasteiger partial charge in [-0.2, -0.15) is 0 Å². The molecular formula is C21H19NO3. The molecule has 0 fully saturated rings. The summed E-state index contributed by atoms with van der Waals surface area (Å²) in [5.41, 5.74) is 2.18. The van der Waals surface area contributed by atoms with Gasteiger partial charge in [-0.3, -0.25) is 4.79 Å². The molecule has 1 unspecified atom stereocenters. The number of nitrogens with one attached hydrogen (secondary N) is 1. The minimum absolute atomic E-state index is 0.364. The van der Waals surface area contributed by atoms with Crippen LogP contribution in [0.1, 0.15) is 22.8 Å². The first kappa shape index (κ1) is 16.7. The van der Waals surface area contributed by atoms with Crippen LogP contribution in [0.3, 0.4) is 0 Å². The van der Waals surface area contributed by atoms with E-state index in [1.165, 1.54) is 0 Å². The Kier molecular flexibility index (Phi) is 4.80. The number of aryl methyl sites for hydroxylation is 1. The highest BCUT2D eigenvalue weighted by Gasteiger charge is 2.19. The monoisotopic (exact) mass is 333 g/mol. The molecule has 0 aromatic heterocycles. The standard InChI is InChI=1S/C21H19NO3/c1-14-10-12-17(13-11-14)21(24)25-15(2)20(23)22-19-9-5-7-16-6-3-4-8-18(16)19/h3-13,15H,1-2H3,(H,22,23). The Bertz CT molecular complexity index is 911. The summed E-state index contributed by atoms with van der Waals surface area (Å²) in [4.78, 5) is 24.5. The minimum atomic E-state index is -0.896. The Morgan fingerprint density at radius 2 is 1.60 bits per heavy atom. The van der Waals surface area contributed by atoms with Crippen molar-refractivity contribution in [3.63, 3.8) is 0 Å². The summed E-state index contributed by atoms with van der Waals surface area (Å²) in [7, 11) is 0. The number of anilines is 1. The predicted molar refractivity (Wildman–Crippen MR) is 98.6 cm³/mol. The van der Waals surface area contributed by atoms with Crippen LogP contribution in [0.25, 0.3) is 10.8 Å². The van der Waals surface area contributed by atoms with Crippen molar-refractivity contribution in [3.05, 3.63) is 77.9 Å². The van der Waals surface area contributed by atoms with Crippen LogP contribution in [0.5, 0.6) is 0 Å². The van der Waals surface area contributed by atoms with Crippen LogP contribution in [0, 0.1) is 6.92 Å². The van der Waals surface area contributed by atoms with Gasteiger partial charge in [0, 0.05) is 11.1 Å². The van der Waals surface area contributed by atoms with Gasteiger partial charge in [0.15, 0.2) is 6.10 Å². The quantitative estimate of drug-likeness (QED) is 0.723. The van der Waals surface area contributed by atoms with Crippen molar-refractivity contribution in [1.82, 2.24) is 0 Å². The Morgan fingerprint density at radius 1 is 0.920 bits per heavy atom. The van der Waals surface area contributed by atoms with Crippen LogP contribution < -0.4 is 5.32 Å². The molecule has 1 atom stereocenters. The van der Waals surface area contributed by atoms with Crippen LogP contribution in [0.2, 0.25) is 0 Å². The summed E-state index contributed by atoms with van der Waals surface area (Å²) in [5, 5.41) is 4.81. The van der Waals surface area contributed by atoms with E-state index >= 15 is 0 Å². The van der Waals surface area contributed by atoms with Gasteiger partial charge in [-0.25, -0.2) is 4.79 Å². The zero-order chi connectivity index (χ0) is 17.8. The largest absolute Gasteiger partial charge is 0.449 e. The second-order valence-electron chi connectivity index (χ2n) is 5.93. The Balaban J connectivity index is 1.70. The minimum Gasteiger partial charge on any atom is -0.449 e. The van der Waals surface area contributed by atoms with Crippen molar-refractivity contribution in [2.24, 2.45) is 0 Å². The van der Waals surface area contributed by atoms with Gasteiger partial charge in [0.25, 0.3) is 5.91 Å². The summed E-state index contributed by atoms with van der Waals surface area (Å²) in [5.74, 6) is -0.877. The molecule has 3 aromatic rings. The van der Waals surface area contributed by atoms with E-state index in [1.807, 2.05) is 61.5 Å². The van der Waals surface area contributed by atoms with Gasteiger partial charge in [0.2, 0.25) is 0 Å². The molecule has 1 amide bonds. The van der Waals surface area contributed by atoms with E-state index in [2.05, 4.69) is 5.32 Å². The number of amides is 1. The molecule has 0 aliphatic rings. The Hall–Kier alpha value is -3.14. The summed E-state index contributed by atoms with van der Waals surface area (Å²) in [6.45, 7) is 3.50. The normalized spacial score (nSPS) is 11.8. The third-order valence-corrected chi connectivity index (χ3v) is 3.99. The fourth-order valence-electron chi connectivity index (χ4n) is 2.54. The van der Waals surface area contributed by atoms with Crippen LogP contribution in [0.15, 0.2) is 66.7 Å². The van der Waals surface area contributed by atoms with E-state index in [1.54, 1.807) is 19.1 Å². The van der Waals surface area contributed by atoms with E-state index < -0.39 is 12.1 Å². The van der Waals surface area contributed by atoms with Crippen LogP contribution >= 0.6 is 0 Å². The molecule has 126 valence electrons. The van der Waals surface area contributed by atoms with Crippen molar-refractivity contribution in [1.29, 1.82) is 0 Å². The Labute approximate surface area is 146 Å². The second kappa shape index (κ2) is 7.18. The van der Waals surface area contributed by atoms with Gasteiger partial charge in [0.05, 0.1) is 5.56 Å². The van der Waals surface area contributed by atoms with Gasteiger partial charge in [-0.05, 0) is 37.4 Å². The van der Waals surface area contributed by atoms with Crippen molar-refractivity contribution in [2.45, 2.75) is 20.0 Å². The molecule has 4 heteroatoms. The SMILES string of the molecule is Cc1ccc(C(=O)OC(C)C(=O)Nc2cccc3ccccc23)cc1. The Morgan fingerprint density at radius 3 is 2.36 bits per heavy atom. The molecule has 3 rings (SSSR count). The van der Waals surface area contributed by atoms with E-state index in [-0.39, 0.29) is 5.91 Å². The maximum Gasteiger partial charge on any atom is 0.338 e. The number of hydrogen-bond donors (Lipinski definition) is 1. The van der Waals surface area contributed by atoms with Crippen molar-refractivity contribution >= 4 is 28.3 Å². The fraction of sp³-hybridized carbons (Fsp3) is 0.143. The maximum absolute atomic E-state index is 12.4. The molecule has 0 bridgehead atoms. The third kappa shape index (κ3) is 3.86. The third-order valence-electron chi connectivity index (χ3n) is 3.99. The van der Waals surface area contributed by atoms with Crippen LogP contribution in [-0.2, 0) is 9.53 Å². The fourth-order valence-corrected chi connectivity index (χ4v) is 2.54. The number of carbonyl (C=O) groups is 2. The van der Waals surface area contributed by atoms with E-state index in [4.69, 9.17) is 4.74 Å². The first-order valence-electron chi connectivity index (χ1n) is 8.11. The molecule has 0 spiro atoms. The summed E-state index contributed by atoms with van der Waals surface area (Å²) >= 11 is 0. The number of carbonyl (C=O) groups excluding carboxylic acids is 2. The molecular weight excluding hydrogens is 314 g/mol. The lowest BCUT2D eigenvalue weighted by Crippen LogP contribution is -2.30. The van der Waals surface area contributed by atoms with E-state index in [9.17, 15) is 9.59 Å². The zero-order valence-corrected chi connectivity index (χ0v) is 14.2. The number of esters is 1. The highest BCUT2D eigenvalue weighted by molar-refractivity contribution is 6.04. The number of rotatable bonds is 4. The first-order chi connectivity index (χ1) is 12.0. The molecule has 4 nitrogen and oxygen atoms in total. The molecule has 0 aliphatic heterocycles. The van der Waals surface area contributed by atoms with Gasteiger partial charge in [-0.1, -0.05) is 54.1 Å². The smallest absolute Gasteiger partial charge is 0.338 e. The lowest BCUT2D eigenvalue weighted by molar-refractivity contribution is -0.123. The number of hydrogen-bond acceptors (Lipinski definition) is 3. The highest BCUT2D eigenvalue weighted by Crippen LogP contribution is 2.23. The summed E-state index contributed by atoms with van der Waals surface area (Å²) in [6, 6.07) is 20.5. The lowest BCUT2D eigenvalue weighted by Gasteiger charge is -2.15. The van der Waals surface area contributed by atoms with Gasteiger partial charge in [-0.15, -0.1) is 0 Å². The molecule has 0 aliphatic carbocycles. The summed E-state index contributed by atoms with van der Waals surface area (Å²) in [6.07, 6.45) is -0.896. The van der Waals surface area contributed by atoms with Crippen molar-refractivity contribution < 1.29 is 14.3 Å². The molecule has 0 saturated heterocycles. The summed E-state index contributed by atoms with van der Waals surface area (Å²) < 4.78 is 5.27. The van der Waals surface area contributed by atoms with E-state index in [0.29, 0.717) is 11.3 Å². The van der Waals surface area contributed by atoms with Gasteiger partial charge in [0.1, 0.15) is 0 Å². The number of benzene rings is 3. The van der Waals surface area contributed by atoms with Gasteiger partial charge >= 0.3 is 5.97 Å². The molecule has 0 heterocycles. The average molecular weight is 333 g/mol. The van der Waals surface area contributed by atoms with Crippen LogP contribution in [-0.4, -0.2) is 18.0 Å². The molecule has 3 aromatic carbocycles. The molecule has 0 radical (unpaired) electrons. The number of ether oxygens (including phenoxy) is 1. The zero-order valence-electron chi connectivity index (χ0n) is 14.2. The molecule has 0 saturated carbocycles. The molecule has 25 heavy (non-hydrogen) atoms. The van der Waals surface area contributed by atoms with Gasteiger partial charge < -0.3 is 10.1 Å². The van der Waals surface area contributed by atoms with Crippen molar-refractivity contribution in [2.75, 3.05) is 5.32 Å². The topological polar surface area (TPSA) is 55.4 Å². The second-order valence-corrected chi connectivity index (χ2v) is 5.93. The average Bonchev–Trinajstić information content (AvgIpc) is 2.62. The first-order valence-corrected chi connectivity index (χ1v) is 8.11. The lowest BCUT2D eigenvalue weighted by atomic mass is 10.1. The van der Waals surface area contributed by atoms with Crippen LogP contribution in [0.4, 0.5) is 5.69 Å².